The van der Waals surface area contributed by atoms with Crippen molar-refractivity contribution in [1.29, 1.82) is 0 Å². The first kappa shape index (κ1) is 24.3. The number of aldehydes is 1. The van der Waals surface area contributed by atoms with Gasteiger partial charge >= 0.3 is 0 Å². The molecular formula is C22H32N2O3. The molecule has 2 amide bonds. The molecule has 0 bridgehead atoms. The lowest BCUT2D eigenvalue weighted by Gasteiger charge is -2.25. The van der Waals surface area contributed by atoms with Crippen molar-refractivity contribution >= 4 is 29.9 Å². The molecule has 1 unspecified atom stereocenters. The number of nitrogens with one attached hydrogen (secondary N) is 1. The van der Waals surface area contributed by atoms with Gasteiger partial charge in [0.2, 0.25) is 5.91 Å². The highest BCUT2D eigenvalue weighted by molar-refractivity contribution is 6.05. The first-order valence-corrected chi connectivity index (χ1v) is 9.50. The summed E-state index contributed by atoms with van der Waals surface area (Å²) in [6.45, 7) is 13.7. The number of nitrogens with zero attached hydrogens (tertiary/aromatic N) is 1. The van der Waals surface area contributed by atoms with Crippen LogP contribution in [0.2, 0.25) is 0 Å². The lowest BCUT2D eigenvalue weighted by molar-refractivity contribution is -0.121. The summed E-state index contributed by atoms with van der Waals surface area (Å²) < 4.78 is 0. The summed E-state index contributed by atoms with van der Waals surface area (Å²) in [6.07, 6.45) is 4.67. The Kier molecular flexibility index (Phi) is 11.4. The van der Waals surface area contributed by atoms with Gasteiger partial charge in [0.25, 0.3) is 5.91 Å². The molecule has 0 saturated heterocycles. The molecule has 0 aromatic heterocycles. The topological polar surface area (TPSA) is 66.5 Å². The average molecular weight is 373 g/mol. The van der Waals surface area contributed by atoms with Crippen LogP contribution in [-0.2, 0) is 9.59 Å². The average Bonchev–Trinajstić information content (AvgIpc) is 3.03. The molecule has 0 aliphatic carbocycles. The molecule has 27 heavy (non-hydrogen) atoms. The third-order valence-electron chi connectivity index (χ3n) is 4.00. The fraction of sp³-hybridized carbons (Fsp3) is 0.409. The van der Waals surface area contributed by atoms with Crippen LogP contribution in [0.25, 0.3) is 11.8 Å². The number of amides is 2. The van der Waals surface area contributed by atoms with Crippen LogP contribution in [0.15, 0.2) is 30.9 Å². The normalized spacial score (nSPS) is 13.6. The van der Waals surface area contributed by atoms with Crippen molar-refractivity contribution in [3.8, 4) is 0 Å². The van der Waals surface area contributed by atoms with E-state index < -0.39 is 6.04 Å². The molecule has 0 spiro atoms. The van der Waals surface area contributed by atoms with Crippen molar-refractivity contribution in [3.05, 3.63) is 46.9 Å². The quantitative estimate of drug-likeness (QED) is 0.780. The fourth-order valence-electron chi connectivity index (χ4n) is 2.83. The number of benzene rings is 1. The fourth-order valence-corrected chi connectivity index (χ4v) is 2.83. The SMILES string of the molecule is C=CC1=c2c(ccc/c2=C/C)C(=O)N1C(C=O)CCC(=O)NC.CC.CC. The number of hydrogen-bond donors (Lipinski definition) is 1. The van der Waals surface area contributed by atoms with E-state index in [0.29, 0.717) is 17.5 Å². The van der Waals surface area contributed by atoms with E-state index in [1.165, 1.54) is 4.90 Å². The smallest absolute Gasteiger partial charge is 0.259 e. The molecule has 148 valence electrons. The van der Waals surface area contributed by atoms with E-state index in [-0.39, 0.29) is 24.7 Å². The standard InChI is InChI=1S/C18H20N2O3.2C2H6/c1-4-12-7-6-8-14-17(12)15(5-2)20(18(14)23)13(11-21)9-10-16(22)19-3;2*1-2/h4-8,11,13H,2,9-10H2,1,3H3,(H,19,22);2*1-2H3/b12-4-;;. The van der Waals surface area contributed by atoms with Gasteiger partial charge in [-0.1, -0.05) is 52.5 Å². The molecule has 1 aliphatic rings. The van der Waals surface area contributed by atoms with Crippen LogP contribution in [-0.4, -0.2) is 36.1 Å². The highest BCUT2D eigenvalue weighted by atomic mass is 16.2. The molecule has 1 atom stereocenters. The van der Waals surface area contributed by atoms with Crippen LogP contribution in [0, 0.1) is 0 Å². The molecule has 5 nitrogen and oxygen atoms in total. The maximum atomic E-state index is 12.7. The summed E-state index contributed by atoms with van der Waals surface area (Å²) in [6, 6.07) is 4.79. The Balaban J connectivity index is 0.00000158. The summed E-state index contributed by atoms with van der Waals surface area (Å²) in [5, 5.41) is 4.23. The maximum Gasteiger partial charge on any atom is 0.259 e. The zero-order valence-electron chi connectivity index (χ0n) is 17.3. The molecule has 1 aromatic rings. The Morgan fingerprint density at radius 3 is 2.37 bits per heavy atom. The minimum absolute atomic E-state index is 0.163. The number of rotatable bonds is 6. The summed E-state index contributed by atoms with van der Waals surface area (Å²) in [4.78, 5) is 37.1. The van der Waals surface area contributed by atoms with Gasteiger partial charge in [-0.2, -0.15) is 0 Å². The molecule has 1 aliphatic heterocycles. The summed E-state index contributed by atoms with van der Waals surface area (Å²) in [5.74, 6) is -0.392. The van der Waals surface area contributed by atoms with Crippen LogP contribution < -0.4 is 15.8 Å². The lowest BCUT2D eigenvalue weighted by Crippen LogP contribution is -2.38. The van der Waals surface area contributed by atoms with Gasteiger partial charge in [-0.15, -0.1) is 0 Å². The van der Waals surface area contributed by atoms with Gasteiger partial charge in [-0.3, -0.25) is 14.5 Å². The van der Waals surface area contributed by atoms with Gasteiger partial charge in [0.15, 0.2) is 0 Å². The van der Waals surface area contributed by atoms with E-state index in [0.717, 1.165) is 10.4 Å². The van der Waals surface area contributed by atoms with Crippen LogP contribution in [0.4, 0.5) is 0 Å². The van der Waals surface area contributed by atoms with Gasteiger partial charge in [-0.25, -0.2) is 0 Å². The Bertz CT molecular complexity index is 781. The molecule has 1 N–H and O–H groups in total. The van der Waals surface area contributed by atoms with Crippen molar-refractivity contribution in [1.82, 2.24) is 10.2 Å². The van der Waals surface area contributed by atoms with E-state index in [9.17, 15) is 14.4 Å². The summed E-state index contributed by atoms with van der Waals surface area (Å²) >= 11 is 0. The van der Waals surface area contributed by atoms with Gasteiger partial charge < -0.3 is 10.1 Å². The molecule has 1 heterocycles. The zero-order valence-corrected chi connectivity index (χ0v) is 17.3. The van der Waals surface area contributed by atoms with E-state index >= 15 is 0 Å². The highest BCUT2D eigenvalue weighted by Gasteiger charge is 2.33. The van der Waals surface area contributed by atoms with Crippen LogP contribution in [0.1, 0.15) is 57.8 Å². The first-order chi connectivity index (χ1) is 13.1. The van der Waals surface area contributed by atoms with Crippen LogP contribution in [0.3, 0.4) is 0 Å². The zero-order chi connectivity index (χ0) is 21.0. The molecule has 0 radical (unpaired) electrons. The van der Waals surface area contributed by atoms with Gasteiger partial charge in [0.1, 0.15) is 6.29 Å². The van der Waals surface area contributed by atoms with Crippen molar-refractivity contribution in [2.75, 3.05) is 7.05 Å². The Morgan fingerprint density at radius 2 is 1.89 bits per heavy atom. The molecule has 5 heteroatoms. The highest BCUT2D eigenvalue weighted by Crippen LogP contribution is 2.21. The van der Waals surface area contributed by atoms with Crippen molar-refractivity contribution in [2.45, 2.75) is 53.5 Å². The van der Waals surface area contributed by atoms with Crippen LogP contribution in [0.5, 0.6) is 0 Å². The molecule has 0 saturated carbocycles. The predicted octanol–water partition coefficient (Wildman–Crippen LogP) is 2.38. The summed E-state index contributed by atoms with van der Waals surface area (Å²) in [5.41, 5.74) is 1.18. The maximum absolute atomic E-state index is 12.7. The lowest BCUT2D eigenvalue weighted by atomic mass is 10.1. The minimum atomic E-state index is -0.690. The Labute approximate surface area is 162 Å². The predicted molar refractivity (Wildman–Crippen MR) is 111 cm³/mol. The van der Waals surface area contributed by atoms with E-state index in [2.05, 4.69) is 11.9 Å². The summed E-state index contributed by atoms with van der Waals surface area (Å²) in [7, 11) is 1.54. The van der Waals surface area contributed by atoms with Gasteiger partial charge in [0, 0.05) is 24.3 Å². The minimum Gasteiger partial charge on any atom is -0.359 e. The van der Waals surface area contributed by atoms with Crippen LogP contribution >= 0.6 is 0 Å². The molecule has 1 aromatic carbocycles. The second-order valence-corrected chi connectivity index (χ2v) is 5.24. The monoisotopic (exact) mass is 372 g/mol. The second-order valence-electron chi connectivity index (χ2n) is 5.24. The Morgan fingerprint density at radius 1 is 1.26 bits per heavy atom. The van der Waals surface area contributed by atoms with Crippen molar-refractivity contribution in [2.24, 2.45) is 0 Å². The number of carbonyl (C=O) groups excluding carboxylic acids is 3. The first-order valence-electron chi connectivity index (χ1n) is 9.50. The number of carbonyl (C=O) groups is 3. The molecule has 0 fully saturated rings. The largest absolute Gasteiger partial charge is 0.359 e. The number of fused-ring (bicyclic) bond motifs is 1. The molecular weight excluding hydrogens is 340 g/mol. The second kappa shape index (κ2) is 12.6. The van der Waals surface area contributed by atoms with Gasteiger partial charge in [0.05, 0.1) is 11.7 Å². The third-order valence-corrected chi connectivity index (χ3v) is 4.00. The third kappa shape index (κ3) is 5.39. The Hall–Kier alpha value is -2.69. The van der Waals surface area contributed by atoms with Crippen molar-refractivity contribution in [3.63, 3.8) is 0 Å². The van der Waals surface area contributed by atoms with E-state index in [4.69, 9.17) is 0 Å². The van der Waals surface area contributed by atoms with Crippen molar-refractivity contribution < 1.29 is 14.4 Å². The number of hydrogen-bond acceptors (Lipinski definition) is 3. The van der Waals surface area contributed by atoms with E-state index in [1.54, 1.807) is 19.2 Å². The molecule has 2 rings (SSSR count). The van der Waals surface area contributed by atoms with Gasteiger partial charge in [-0.05, 0) is 30.7 Å². The van der Waals surface area contributed by atoms with E-state index in [1.807, 2.05) is 52.8 Å².